The van der Waals surface area contributed by atoms with Crippen LogP contribution >= 0.6 is 0 Å². The summed E-state index contributed by atoms with van der Waals surface area (Å²) in [5.74, 6) is -0.651. The molecule has 0 fully saturated rings. The van der Waals surface area contributed by atoms with Crippen LogP contribution in [0.25, 0.3) is 10.9 Å². The zero-order valence-electron chi connectivity index (χ0n) is 23.6. The van der Waals surface area contributed by atoms with E-state index in [0.29, 0.717) is 39.1 Å². The Labute approximate surface area is 241 Å². The molecular formula is C34H38N2O5. The van der Waals surface area contributed by atoms with Crippen LogP contribution in [0.4, 0.5) is 4.79 Å². The molecule has 2 unspecified atom stereocenters. The molecule has 1 aliphatic heterocycles. The van der Waals surface area contributed by atoms with Gasteiger partial charge >= 0.3 is 12.1 Å². The first kappa shape index (κ1) is 28.4. The van der Waals surface area contributed by atoms with E-state index >= 15 is 0 Å². The van der Waals surface area contributed by atoms with Crippen molar-refractivity contribution in [1.82, 2.24) is 9.88 Å². The number of nitrogens with zero attached hydrogens (tertiary/aromatic N) is 1. The van der Waals surface area contributed by atoms with Gasteiger partial charge in [0.1, 0.15) is 6.61 Å². The summed E-state index contributed by atoms with van der Waals surface area (Å²) < 4.78 is 17.0. The molecule has 4 aromatic rings. The molecule has 0 saturated carbocycles. The van der Waals surface area contributed by atoms with Gasteiger partial charge in [-0.15, -0.1) is 0 Å². The van der Waals surface area contributed by atoms with Crippen molar-refractivity contribution >= 4 is 23.0 Å². The Morgan fingerprint density at radius 1 is 0.902 bits per heavy atom. The summed E-state index contributed by atoms with van der Waals surface area (Å²) in [6.07, 6.45) is 2.46. The van der Waals surface area contributed by atoms with E-state index in [1.807, 2.05) is 71.6 Å². The number of amides is 1. The van der Waals surface area contributed by atoms with Crippen LogP contribution in [-0.2, 0) is 38.6 Å². The van der Waals surface area contributed by atoms with Gasteiger partial charge in [0.2, 0.25) is 0 Å². The molecule has 3 aromatic carbocycles. The molecule has 0 bridgehead atoms. The number of ether oxygens (including phenoxy) is 3. The fourth-order valence-electron chi connectivity index (χ4n) is 5.74. The van der Waals surface area contributed by atoms with E-state index in [-0.39, 0.29) is 24.6 Å². The van der Waals surface area contributed by atoms with Gasteiger partial charge in [0.25, 0.3) is 0 Å². The molecule has 0 saturated heterocycles. The number of nitrogens with one attached hydrogen (secondary N) is 1. The maximum absolute atomic E-state index is 13.4. The van der Waals surface area contributed by atoms with E-state index in [1.165, 1.54) is 7.11 Å². The number of carbonyl (C=O) groups is 2. The highest BCUT2D eigenvalue weighted by Crippen LogP contribution is 2.35. The van der Waals surface area contributed by atoms with Gasteiger partial charge in [-0.2, -0.15) is 0 Å². The topological polar surface area (TPSA) is 80.9 Å². The predicted molar refractivity (Wildman–Crippen MR) is 158 cm³/mol. The van der Waals surface area contributed by atoms with Crippen LogP contribution < -0.4 is 0 Å². The maximum Gasteiger partial charge on any atom is 0.410 e. The van der Waals surface area contributed by atoms with Gasteiger partial charge in [0.15, 0.2) is 0 Å². The Kier molecular flexibility index (Phi) is 9.70. The molecule has 0 aliphatic carbocycles. The van der Waals surface area contributed by atoms with Gasteiger partial charge < -0.3 is 24.1 Å². The molecule has 0 radical (unpaired) electrons. The zero-order valence-corrected chi connectivity index (χ0v) is 23.6. The number of hydrogen-bond donors (Lipinski definition) is 1. The third-order valence-corrected chi connectivity index (χ3v) is 7.84. The Morgan fingerprint density at radius 2 is 1.59 bits per heavy atom. The Bertz CT molecular complexity index is 1420. The second-order valence-electron chi connectivity index (χ2n) is 10.7. The first-order valence-electron chi connectivity index (χ1n) is 14.4. The third kappa shape index (κ3) is 7.35. The van der Waals surface area contributed by atoms with Crippen LogP contribution in [0.5, 0.6) is 0 Å². The van der Waals surface area contributed by atoms with Crippen molar-refractivity contribution < 1.29 is 23.8 Å². The van der Waals surface area contributed by atoms with Crippen molar-refractivity contribution in [3.05, 3.63) is 107 Å². The molecule has 5 rings (SSSR count). The number of H-pyrrole nitrogens is 1. The molecule has 1 aliphatic rings. The normalized spacial score (nSPS) is 17.2. The second-order valence-corrected chi connectivity index (χ2v) is 10.7. The summed E-state index contributed by atoms with van der Waals surface area (Å²) in [4.78, 5) is 31.9. The van der Waals surface area contributed by atoms with Gasteiger partial charge in [-0.05, 0) is 54.4 Å². The first-order chi connectivity index (χ1) is 20.1. The van der Waals surface area contributed by atoms with Crippen molar-refractivity contribution in [3.63, 3.8) is 0 Å². The maximum atomic E-state index is 13.4. The highest BCUT2D eigenvalue weighted by Gasteiger charge is 2.33. The van der Waals surface area contributed by atoms with E-state index in [4.69, 9.17) is 14.2 Å². The van der Waals surface area contributed by atoms with Gasteiger partial charge in [-0.1, -0.05) is 78.9 Å². The highest BCUT2D eigenvalue weighted by atomic mass is 16.6. The molecule has 2 atom stereocenters. The van der Waals surface area contributed by atoms with Crippen LogP contribution in [0.15, 0.2) is 84.9 Å². The van der Waals surface area contributed by atoms with Crippen LogP contribution in [0, 0.1) is 5.92 Å². The molecule has 1 aromatic heterocycles. The van der Waals surface area contributed by atoms with E-state index in [2.05, 4.69) is 23.2 Å². The molecule has 214 valence electrons. The molecular weight excluding hydrogens is 516 g/mol. The van der Waals surface area contributed by atoms with Crippen molar-refractivity contribution in [1.29, 1.82) is 0 Å². The molecule has 7 nitrogen and oxygen atoms in total. The lowest BCUT2D eigenvalue weighted by Crippen LogP contribution is -2.37. The lowest BCUT2D eigenvalue weighted by atomic mass is 9.87. The smallest absolute Gasteiger partial charge is 0.410 e. The predicted octanol–water partition coefficient (Wildman–Crippen LogP) is 6.62. The number of carbonyl (C=O) groups excluding carboxylic acids is 2. The largest absolute Gasteiger partial charge is 0.469 e. The fourth-order valence-corrected chi connectivity index (χ4v) is 5.74. The quantitative estimate of drug-likeness (QED) is 0.186. The van der Waals surface area contributed by atoms with Crippen molar-refractivity contribution in [2.24, 2.45) is 5.92 Å². The summed E-state index contributed by atoms with van der Waals surface area (Å²) in [5, 5.41) is 1.07. The van der Waals surface area contributed by atoms with Crippen molar-refractivity contribution in [2.75, 3.05) is 26.8 Å². The zero-order chi connectivity index (χ0) is 28.4. The van der Waals surface area contributed by atoms with Crippen LogP contribution in [0.3, 0.4) is 0 Å². The lowest BCUT2D eigenvalue weighted by Gasteiger charge is -2.27. The number of fused-ring (bicyclic) bond motifs is 3. The summed E-state index contributed by atoms with van der Waals surface area (Å²) in [7, 11) is 1.44. The van der Waals surface area contributed by atoms with Crippen LogP contribution in [-0.4, -0.2) is 48.8 Å². The minimum absolute atomic E-state index is 0.0565. The molecule has 2 heterocycles. The van der Waals surface area contributed by atoms with Crippen molar-refractivity contribution in [2.45, 2.75) is 44.8 Å². The standard InChI is InChI=1S/C34H38N2O5/c1-39-33(37)30-21-27(15-10-20-40-23-25-11-4-2-5-12-25)22-36(34(38)41-24-26-13-6-3-7-14-26)19-18-29-28-16-8-9-17-31(28)35-32(29)30/h2-9,11-14,16-17,27,30,35H,10,15,18-24H2,1H3. The van der Waals surface area contributed by atoms with E-state index in [0.717, 1.165) is 46.1 Å². The average Bonchev–Trinajstić information content (AvgIpc) is 3.41. The number of rotatable bonds is 9. The number of para-hydroxylation sites is 1. The SMILES string of the molecule is COC(=O)C1CC(CCCOCc2ccccc2)CN(C(=O)OCc2ccccc2)CCc2c1[nH]c1ccccc21. The number of esters is 1. The fraction of sp³-hybridized carbons (Fsp3) is 0.353. The van der Waals surface area contributed by atoms with E-state index in [9.17, 15) is 9.59 Å². The second kappa shape index (κ2) is 14.0. The summed E-state index contributed by atoms with van der Waals surface area (Å²) in [6, 6.07) is 27.9. The molecule has 0 spiro atoms. The minimum atomic E-state index is -0.446. The summed E-state index contributed by atoms with van der Waals surface area (Å²) in [6.45, 7) is 2.38. The molecule has 1 amide bonds. The van der Waals surface area contributed by atoms with E-state index in [1.54, 1.807) is 0 Å². The molecule has 1 N–H and O–H groups in total. The van der Waals surface area contributed by atoms with Gasteiger partial charge in [-0.3, -0.25) is 4.79 Å². The number of benzene rings is 3. The highest BCUT2D eigenvalue weighted by molar-refractivity contribution is 5.88. The van der Waals surface area contributed by atoms with Gasteiger partial charge in [0, 0.05) is 36.3 Å². The summed E-state index contributed by atoms with van der Waals surface area (Å²) in [5.41, 5.74) is 5.02. The number of aromatic nitrogens is 1. The molecule has 41 heavy (non-hydrogen) atoms. The summed E-state index contributed by atoms with van der Waals surface area (Å²) >= 11 is 0. The Balaban J connectivity index is 1.35. The van der Waals surface area contributed by atoms with Crippen LogP contribution in [0.1, 0.15) is 47.6 Å². The Hall–Kier alpha value is -4.10. The van der Waals surface area contributed by atoms with Gasteiger partial charge in [-0.25, -0.2) is 4.79 Å². The number of hydrogen-bond acceptors (Lipinski definition) is 5. The average molecular weight is 555 g/mol. The van der Waals surface area contributed by atoms with E-state index < -0.39 is 5.92 Å². The monoisotopic (exact) mass is 554 g/mol. The number of aromatic amines is 1. The lowest BCUT2D eigenvalue weighted by molar-refractivity contribution is -0.143. The third-order valence-electron chi connectivity index (χ3n) is 7.84. The van der Waals surface area contributed by atoms with Crippen molar-refractivity contribution in [3.8, 4) is 0 Å². The molecule has 7 heteroatoms. The first-order valence-corrected chi connectivity index (χ1v) is 14.4. The number of methoxy groups -OCH3 is 1. The van der Waals surface area contributed by atoms with Gasteiger partial charge in [0.05, 0.1) is 19.6 Å². The minimum Gasteiger partial charge on any atom is -0.469 e. The Morgan fingerprint density at radius 3 is 2.32 bits per heavy atom. The van der Waals surface area contributed by atoms with Crippen LogP contribution in [0.2, 0.25) is 0 Å².